The van der Waals surface area contributed by atoms with Gasteiger partial charge in [0.2, 0.25) is 0 Å². The largest absolute Gasteiger partial charge is 0.483 e. The van der Waals surface area contributed by atoms with Crippen molar-refractivity contribution in [3.05, 3.63) is 79.6 Å². The van der Waals surface area contributed by atoms with E-state index in [2.05, 4.69) is 85.2 Å². The van der Waals surface area contributed by atoms with Crippen LogP contribution >= 0.6 is 0 Å². The second-order valence-corrected chi connectivity index (χ2v) is 17.5. The van der Waals surface area contributed by atoms with Gasteiger partial charge >= 0.3 is 0 Å². The molecule has 4 aliphatic heterocycles. The van der Waals surface area contributed by atoms with E-state index in [1.54, 1.807) is 0 Å². The summed E-state index contributed by atoms with van der Waals surface area (Å²) in [7, 11) is 0. The number of rotatable bonds is 6. The molecule has 2 fully saturated rings. The van der Waals surface area contributed by atoms with Gasteiger partial charge in [0, 0.05) is 55.8 Å². The number of fused-ring (bicyclic) bond motifs is 6. The van der Waals surface area contributed by atoms with Crippen molar-refractivity contribution in [2.75, 3.05) is 52.6 Å². The number of morpholine rings is 2. The van der Waals surface area contributed by atoms with Gasteiger partial charge in [-0.2, -0.15) is 0 Å². The Hall–Kier alpha value is -4.74. The Morgan fingerprint density at radius 1 is 0.750 bits per heavy atom. The van der Waals surface area contributed by atoms with Gasteiger partial charge in [-0.3, -0.25) is 9.80 Å². The van der Waals surface area contributed by atoms with Crippen LogP contribution in [0, 0.1) is 0 Å². The van der Waals surface area contributed by atoms with Crippen LogP contribution in [0.1, 0.15) is 115 Å². The van der Waals surface area contributed by atoms with Crippen LogP contribution in [0.3, 0.4) is 0 Å². The molecule has 0 radical (unpaired) electrons. The third kappa shape index (κ3) is 7.29. The van der Waals surface area contributed by atoms with Crippen LogP contribution < -0.4 is 24.7 Å². The van der Waals surface area contributed by atoms with Gasteiger partial charge in [-0.1, -0.05) is 77.2 Å². The molecular formula is C47H63N5O8. The van der Waals surface area contributed by atoms with E-state index >= 15 is 0 Å². The first-order valence-corrected chi connectivity index (χ1v) is 21.7. The number of hydrogen-bond donors (Lipinski definition) is 3. The van der Waals surface area contributed by atoms with Gasteiger partial charge in [0.1, 0.15) is 17.8 Å². The number of ether oxygens (including phenoxy) is 6. The van der Waals surface area contributed by atoms with Crippen molar-refractivity contribution < 1.29 is 38.8 Å². The Morgan fingerprint density at radius 2 is 1.27 bits per heavy atom. The van der Waals surface area contributed by atoms with Crippen molar-refractivity contribution in [2.24, 2.45) is 16.0 Å². The Balaban J connectivity index is 0.00000132. The van der Waals surface area contributed by atoms with Crippen molar-refractivity contribution in [3.8, 4) is 23.0 Å². The second-order valence-electron chi connectivity index (χ2n) is 17.5. The molecule has 4 N–H and O–H groups in total. The Labute approximate surface area is 354 Å². The lowest BCUT2D eigenvalue weighted by molar-refractivity contribution is 0.0277. The third-order valence-electron chi connectivity index (χ3n) is 12.8. The van der Waals surface area contributed by atoms with E-state index in [-0.39, 0.29) is 46.0 Å². The summed E-state index contributed by atoms with van der Waals surface area (Å²) in [5.74, 6) is 3.01. The van der Waals surface area contributed by atoms with Crippen LogP contribution in [0.15, 0.2) is 56.6 Å². The molecule has 13 nitrogen and oxygen atoms in total. The summed E-state index contributed by atoms with van der Waals surface area (Å²) >= 11 is 0. The highest BCUT2D eigenvalue weighted by Gasteiger charge is 2.60. The molecule has 13 heteroatoms. The molecule has 7 aliphatic rings. The molecule has 2 aromatic carbocycles. The number of nitrogens with two attached hydrogens (primary N) is 1. The smallest absolute Gasteiger partial charge is 0.191 e. The fraction of sp³-hybridized carbons (Fsp3) is 0.574. The zero-order chi connectivity index (χ0) is 43.1. The summed E-state index contributed by atoms with van der Waals surface area (Å²) in [5, 5.41) is 25.8. The maximum atomic E-state index is 9.77. The molecule has 3 aliphatic carbocycles. The van der Waals surface area contributed by atoms with Gasteiger partial charge in [0.25, 0.3) is 0 Å². The second kappa shape index (κ2) is 17.0. The van der Waals surface area contributed by atoms with Gasteiger partial charge in [-0.15, -0.1) is 0 Å². The number of nitrogens with zero attached hydrogens (tertiary/aromatic N) is 4. The van der Waals surface area contributed by atoms with E-state index in [9.17, 15) is 10.4 Å². The average molecular weight is 826 g/mol. The molecule has 0 saturated carbocycles. The van der Waals surface area contributed by atoms with E-state index < -0.39 is 5.41 Å². The molecule has 0 bridgehead atoms. The van der Waals surface area contributed by atoms with Crippen molar-refractivity contribution in [1.29, 1.82) is 0 Å². The van der Waals surface area contributed by atoms with E-state index in [1.165, 1.54) is 34.0 Å². The molecule has 2 saturated heterocycles. The molecular weight excluding hydrogens is 763 g/mol. The topological polar surface area (TPSA) is 153 Å². The summed E-state index contributed by atoms with van der Waals surface area (Å²) < 4.78 is 38.9. The number of allylic oxidation sites excluding steroid dienone is 1. The predicted molar refractivity (Wildman–Crippen MR) is 230 cm³/mol. The van der Waals surface area contributed by atoms with Crippen LogP contribution in [-0.2, 0) is 38.8 Å². The molecule has 3 atom stereocenters. The lowest BCUT2D eigenvalue weighted by Crippen LogP contribution is -2.39. The summed E-state index contributed by atoms with van der Waals surface area (Å²) in [5.41, 5.74) is 18.9. The summed E-state index contributed by atoms with van der Waals surface area (Å²) in [4.78, 5) is 4.90. The maximum Gasteiger partial charge on any atom is 0.191 e. The van der Waals surface area contributed by atoms with Gasteiger partial charge in [-0.25, -0.2) is 0 Å². The van der Waals surface area contributed by atoms with Gasteiger partial charge in [-0.05, 0) is 71.9 Å². The Bertz CT molecular complexity index is 2200. The minimum Gasteiger partial charge on any atom is -0.483 e. The summed E-state index contributed by atoms with van der Waals surface area (Å²) in [6.07, 6.45) is 2.75. The van der Waals surface area contributed by atoms with Gasteiger partial charge < -0.3 is 44.6 Å². The number of oxime groups is 2. The highest BCUT2D eigenvalue weighted by molar-refractivity contribution is 6.02. The van der Waals surface area contributed by atoms with Crippen molar-refractivity contribution >= 4 is 12.1 Å². The highest BCUT2D eigenvalue weighted by Crippen LogP contribution is 2.68. The normalized spacial score (nSPS) is 26.0. The van der Waals surface area contributed by atoms with E-state index in [4.69, 9.17) is 34.2 Å². The fourth-order valence-electron chi connectivity index (χ4n) is 10.3. The van der Waals surface area contributed by atoms with E-state index in [0.29, 0.717) is 56.6 Å². The lowest BCUT2D eigenvalue weighted by atomic mass is 9.70. The average Bonchev–Trinajstić information content (AvgIpc) is 3.61. The van der Waals surface area contributed by atoms with E-state index in [1.807, 2.05) is 27.7 Å². The van der Waals surface area contributed by atoms with E-state index in [0.717, 1.165) is 56.1 Å². The molecule has 3 unspecified atom stereocenters. The summed E-state index contributed by atoms with van der Waals surface area (Å²) in [6, 6.07) is 4.41. The lowest BCUT2D eigenvalue weighted by Gasteiger charge is -2.38. The molecule has 0 aromatic heterocycles. The monoisotopic (exact) mass is 825 g/mol. The quantitative estimate of drug-likeness (QED) is 0.0878. The van der Waals surface area contributed by atoms with Crippen molar-refractivity contribution in [1.82, 2.24) is 9.80 Å². The minimum atomic E-state index is -0.427. The molecule has 2 aromatic rings. The Kier molecular flexibility index (Phi) is 12.3. The minimum absolute atomic E-state index is 0.0816. The molecule has 1 spiro atoms. The number of hydrogen-bond acceptors (Lipinski definition) is 12. The molecule has 60 heavy (non-hydrogen) atoms. The first-order valence-electron chi connectivity index (χ1n) is 21.7. The van der Waals surface area contributed by atoms with Gasteiger partial charge in [0.15, 0.2) is 40.4 Å². The zero-order valence-corrected chi connectivity index (χ0v) is 37.1. The van der Waals surface area contributed by atoms with Gasteiger partial charge in [0.05, 0.1) is 38.2 Å². The van der Waals surface area contributed by atoms with Crippen LogP contribution in [0.5, 0.6) is 23.0 Å². The first kappa shape index (κ1) is 43.4. The maximum absolute atomic E-state index is 9.77. The first-order chi connectivity index (χ1) is 28.8. The van der Waals surface area contributed by atoms with Crippen molar-refractivity contribution in [3.63, 3.8) is 0 Å². The summed E-state index contributed by atoms with van der Waals surface area (Å²) in [6.45, 7) is 28.7. The number of amidine groups is 1. The molecule has 4 heterocycles. The molecule has 0 amide bonds. The molecule has 324 valence electrons. The fourth-order valence-corrected chi connectivity index (χ4v) is 10.3. The SMILES string of the molecule is CC.CC.CC1Oc2cc3c(c(CN4CCOCC4)c2OC1C)C1(CC(C)(C)c2cc4c(c(CN5CCOCC5)c21)OC1=C(O4)C(/C=N/O)=C=C=C1/C(N)=N/O)CC3(C)C. The van der Waals surface area contributed by atoms with Crippen LogP contribution in [-0.4, -0.2) is 97.1 Å². The van der Waals surface area contributed by atoms with Crippen LogP contribution in [0.2, 0.25) is 0 Å². The molecule has 9 rings (SSSR count). The van der Waals surface area contributed by atoms with Crippen LogP contribution in [0.4, 0.5) is 0 Å². The standard InChI is InChI=1S/C43H51N5O8.2C2H6/c1-24-25(2)54-37-28(20-47-9-13-51-14-10-47)34-30(17-32(37)53-24)41(3,4)22-43(34)23-42(5,6)31-18-33-38(29(35(31)43)21-48-11-15-52-16-12-48)56-39-27(40(44)46-50)8-7-26(19-45-49)36(39)55-33;2*1-2/h17-19,24-25,49-50H,9-16,20-23H2,1-6H3,(H2,44,46);2*1-2H3/b45-19+;;. The van der Waals surface area contributed by atoms with Crippen molar-refractivity contribution in [2.45, 2.75) is 124 Å². The van der Waals surface area contributed by atoms with Crippen LogP contribution in [0.25, 0.3) is 0 Å². The third-order valence-corrected chi connectivity index (χ3v) is 12.8. The highest BCUT2D eigenvalue weighted by atomic mass is 16.6. The predicted octanol–water partition coefficient (Wildman–Crippen LogP) is 7.41. The number of benzene rings is 2. The Morgan fingerprint density at radius 3 is 1.80 bits per heavy atom. The zero-order valence-electron chi connectivity index (χ0n) is 37.1.